The Labute approximate surface area is 137 Å². The second-order valence-electron chi connectivity index (χ2n) is 4.58. The molecule has 1 unspecified atom stereocenters. The Hall–Kier alpha value is -1.19. The molecule has 0 fully saturated rings. The molecule has 1 rings (SSSR count). The lowest BCUT2D eigenvalue weighted by atomic mass is 10.1. The van der Waals surface area contributed by atoms with Crippen molar-refractivity contribution in [3.63, 3.8) is 0 Å². The Morgan fingerprint density at radius 3 is 2.48 bits per heavy atom. The van der Waals surface area contributed by atoms with Crippen LogP contribution in [0.5, 0.6) is 0 Å². The molecule has 0 aliphatic carbocycles. The number of hydrogen-bond acceptors (Lipinski definition) is 4. The molecule has 1 aromatic rings. The minimum atomic E-state index is -0.794. The van der Waals surface area contributed by atoms with Gasteiger partial charge in [0.2, 0.25) is 5.91 Å². The summed E-state index contributed by atoms with van der Waals surface area (Å²) >= 11 is 2.17. The number of nitrogens with one attached hydrogen (secondary N) is 1. The molecule has 0 bridgehead atoms. The summed E-state index contributed by atoms with van der Waals surface area (Å²) in [6.07, 6.45) is -0.508. The first-order valence-electron chi connectivity index (χ1n) is 6.40. The fourth-order valence-corrected chi connectivity index (χ4v) is 2.06. The van der Waals surface area contributed by atoms with E-state index < -0.39 is 12.0 Å². The first-order chi connectivity index (χ1) is 9.93. The molecule has 0 aliphatic rings. The van der Waals surface area contributed by atoms with E-state index in [9.17, 15) is 9.59 Å². The summed E-state index contributed by atoms with van der Waals surface area (Å²) in [4.78, 5) is 23.3. The Morgan fingerprint density at radius 1 is 1.33 bits per heavy atom. The largest absolute Gasteiger partial charge is 0.367 e. The van der Waals surface area contributed by atoms with E-state index in [1.54, 1.807) is 19.1 Å². The average Bonchev–Trinajstić information content (AvgIpc) is 2.43. The lowest BCUT2D eigenvalue weighted by Gasteiger charge is -2.19. The van der Waals surface area contributed by atoms with E-state index in [1.807, 2.05) is 12.1 Å². The highest BCUT2D eigenvalue weighted by Gasteiger charge is 2.20. The minimum absolute atomic E-state index is 0.0224. The van der Waals surface area contributed by atoms with Gasteiger partial charge >= 0.3 is 0 Å². The van der Waals surface area contributed by atoms with Crippen molar-refractivity contribution in [2.45, 2.75) is 25.5 Å². The topological polar surface area (TPSA) is 90.7 Å². The number of amides is 2. The maximum Gasteiger partial charge on any atom is 0.251 e. The number of halogens is 1. The zero-order valence-electron chi connectivity index (χ0n) is 12.0. The van der Waals surface area contributed by atoms with Crippen molar-refractivity contribution in [3.8, 4) is 0 Å². The molecule has 0 aromatic heterocycles. The summed E-state index contributed by atoms with van der Waals surface area (Å²) in [6, 6.07) is 6.95. The van der Waals surface area contributed by atoms with Gasteiger partial charge in [-0.2, -0.15) is 0 Å². The number of methoxy groups -OCH3 is 1. The second kappa shape index (κ2) is 8.96. The van der Waals surface area contributed by atoms with Crippen LogP contribution in [0.4, 0.5) is 0 Å². The number of carbonyl (C=O) groups excluding carboxylic acids is 2. The van der Waals surface area contributed by atoms with Gasteiger partial charge in [-0.25, -0.2) is 0 Å². The van der Waals surface area contributed by atoms with Gasteiger partial charge in [-0.05, 0) is 53.8 Å². The number of rotatable bonds is 8. The molecule has 116 valence electrons. The van der Waals surface area contributed by atoms with Crippen LogP contribution in [0.25, 0.3) is 0 Å². The van der Waals surface area contributed by atoms with E-state index in [0.29, 0.717) is 5.56 Å². The van der Waals surface area contributed by atoms with Crippen LogP contribution in [0.2, 0.25) is 0 Å². The van der Waals surface area contributed by atoms with E-state index >= 15 is 0 Å². The first kappa shape index (κ1) is 17.9. The van der Waals surface area contributed by atoms with E-state index in [0.717, 1.165) is 3.57 Å². The molecule has 3 N–H and O–H groups in total. The van der Waals surface area contributed by atoms with E-state index in [2.05, 4.69) is 27.9 Å². The van der Waals surface area contributed by atoms with Crippen LogP contribution >= 0.6 is 22.6 Å². The number of benzene rings is 1. The molecular formula is C14H19IN2O4. The van der Waals surface area contributed by atoms with Crippen LogP contribution < -0.4 is 11.1 Å². The SMILES string of the molecule is COCOC(C[C@H](C)NC(=O)c1ccc(I)cc1)C(N)=O. The average molecular weight is 406 g/mol. The monoisotopic (exact) mass is 406 g/mol. The van der Waals surface area contributed by atoms with Crippen molar-refractivity contribution in [1.82, 2.24) is 5.32 Å². The smallest absolute Gasteiger partial charge is 0.251 e. The zero-order chi connectivity index (χ0) is 15.8. The maximum absolute atomic E-state index is 12.0. The molecule has 0 saturated carbocycles. The fraction of sp³-hybridized carbons (Fsp3) is 0.429. The molecule has 2 amide bonds. The quantitative estimate of drug-likeness (QED) is 0.503. The Morgan fingerprint density at radius 2 is 1.95 bits per heavy atom. The lowest BCUT2D eigenvalue weighted by Crippen LogP contribution is -2.40. The van der Waals surface area contributed by atoms with Crippen molar-refractivity contribution in [2.75, 3.05) is 13.9 Å². The van der Waals surface area contributed by atoms with Crippen molar-refractivity contribution in [1.29, 1.82) is 0 Å². The van der Waals surface area contributed by atoms with Gasteiger partial charge in [0.25, 0.3) is 5.91 Å². The lowest BCUT2D eigenvalue weighted by molar-refractivity contribution is -0.139. The van der Waals surface area contributed by atoms with Gasteiger partial charge in [-0.15, -0.1) is 0 Å². The third kappa shape index (κ3) is 6.40. The molecular weight excluding hydrogens is 387 g/mol. The zero-order valence-corrected chi connectivity index (χ0v) is 14.1. The number of primary amides is 1. The summed E-state index contributed by atoms with van der Waals surface area (Å²) < 4.78 is 11.0. The molecule has 7 heteroatoms. The number of hydrogen-bond donors (Lipinski definition) is 2. The third-order valence-corrected chi connectivity index (χ3v) is 3.48. The van der Waals surface area contributed by atoms with Crippen molar-refractivity contribution >= 4 is 34.4 Å². The summed E-state index contributed by atoms with van der Waals surface area (Å²) in [5.74, 6) is -0.781. The third-order valence-electron chi connectivity index (χ3n) is 2.76. The number of carbonyl (C=O) groups is 2. The molecule has 0 saturated heterocycles. The standard InChI is InChI=1S/C14H19IN2O4/c1-9(7-12(13(16)18)21-8-20-2)17-14(19)10-3-5-11(15)6-4-10/h3-6,9,12H,7-8H2,1-2H3,(H2,16,18)(H,17,19)/t9-,12?/m0/s1. The van der Waals surface area contributed by atoms with Gasteiger partial charge in [0, 0.05) is 28.7 Å². The van der Waals surface area contributed by atoms with Gasteiger partial charge < -0.3 is 20.5 Å². The highest BCUT2D eigenvalue weighted by molar-refractivity contribution is 14.1. The van der Waals surface area contributed by atoms with Crippen molar-refractivity contribution in [2.24, 2.45) is 5.73 Å². The van der Waals surface area contributed by atoms with E-state index in [-0.39, 0.29) is 25.2 Å². The summed E-state index contributed by atoms with van der Waals surface area (Å²) in [7, 11) is 1.46. The maximum atomic E-state index is 12.0. The minimum Gasteiger partial charge on any atom is -0.367 e. The first-order valence-corrected chi connectivity index (χ1v) is 7.48. The van der Waals surface area contributed by atoms with Gasteiger partial charge in [0.1, 0.15) is 12.9 Å². The molecule has 0 heterocycles. The van der Waals surface area contributed by atoms with Crippen LogP contribution in [-0.2, 0) is 14.3 Å². The highest BCUT2D eigenvalue weighted by Crippen LogP contribution is 2.08. The molecule has 0 aliphatic heterocycles. The summed E-state index contributed by atoms with van der Waals surface area (Å²) in [5.41, 5.74) is 5.82. The number of nitrogens with two attached hydrogens (primary N) is 1. The number of ether oxygens (including phenoxy) is 2. The molecule has 6 nitrogen and oxygen atoms in total. The van der Waals surface area contributed by atoms with Crippen LogP contribution in [0.1, 0.15) is 23.7 Å². The Kier molecular flexibility index (Phi) is 7.62. The van der Waals surface area contributed by atoms with Crippen LogP contribution in [0, 0.1) is 3.57 Å². The Balaban J connectivity index is 2.54. The van der Waals surface area contributed by atoms with Crippen molar-refractivity contribution in [3.05, 3.63) is 33.4 Å². The van der Waals surface area contributed by atoms with Gasteiger partial charge in [-0.3, -0.25) is 9.59 Å². The van der Waals surface area contributed by atoms with E-state index in [4.69, 9.17) is 15.2 Å². The van der Waals surface area contributed by atoms with Gasteiger partial charge in [0.15, 0.2) is 0 Å². The molecule has 0 spiro atoms. The Bertz CT molecular complexity index is 478. The van der Waals surface area contributed by atoms with Gasteiger partial charge in [-0.1, -0.05) is 0 Å². The normalized spacial score (nSPS) is 13.5. The van der Waals surface area contributed by atoms with Gasteiger partial charge in [0.05, 0.1) is 0 Å². The molecule has 2 atom stereocenters. The summed E-state index contributed by atoms with van der Waals surface area (Å²) in [6.45, 7) is 1.77. The van der Waals surface area contributed by atoms with Crippen molar-refractivity contribution < 1.29 is 19.1 Å². The predicted octanol–water partition coefficient (Wildman–Crippen LogP) is 1.27. The molecule has 1 aromatic carbocycles. The van der Waals surface area contributed by atoms with Crippen LogP contribution in [0.3, 0.4) is 0 Å². The molecule has 0 radical (unpaired) electrons. The second-order valence-corrected chi connectivity index (χ2v) is 5.83. The van der Waals surface area contributed by atoms with Crippen LogP contribution in [-0.4, -0.2) is 37.9 Å². The van der Waals surface area contributed by atoms with Crippen LogP contribution in [0.15, 0.2) is 24.3 Å². The van der Waals surface area contributed by atoms with E-state index in [1.165, 1.54) is 7.11 Å². The summed E-state index contributed by atoms with van der Waals surface area (Å²) in [5, 5.41) is 2.81. The molecule has 21 heavy (non-hydrogen) atoms. The predicted molar refractivity (Wildman–Crippen MR) is 86.6 cm³/mol. The fourth-order valence-electron chi connectivity index (χ4n) is 1.70. The highest BCUT2D eigenvalue weighted by atomic mass is 127.